The van der Waals surface area contributed by atoms with Gasteiger partial charge in [0.25, 0.3) is 0 Å². The van der Waals surface area contributed by atoms with Crippen molar-refractivity contribution in [2.24, 2.45) is 11.8 Å². The lowest BCUT2D eigenvalue weighted by molar-refractivity contribution is 0.102. The van der Waals surface area contributed by atoms with Crippen LogP contribution < -0.4 is 4.74 Å². The third kappa shape index (κ3) is 11.2. The summed E-state index contributed by atoms with van der Waals surface area (Å²) in [5.74, 6) is 3.01. The lowest BCUT2D eigenvalue weighted by atomic mass is 9.80. The standard InChI is InChI=1S/C23H34O.C17H25BrO2/c1-6-16(2)19-13-21(23(3,4)5)20(12-11-17-7-8-17)22(14-19)24-15-18-9-10-18;1-5-7-20-12-13-8-14(16(19)11-18)10-15(9-13)17(3,4)6-2/h13-14,17-18H,2,6-12,15H2,1,3-5H3;8-10H,5-7,11-12H2,1-4H3. The SMILES string of the molecule is C=C(CC)c1cc(OCC2CC2)c(CCC2CC2)c(C(C)(C)C)c1.CCCOCc1cc(C(=O)CBr)cc(C(C)(C)CC)c1. The van der Waals surface area contributed by atoms with Gasteiger partial charge in [-0.05, 0) is 119 Å². The molecule has 2 aromatic rings. The number of benzene rings is 2. The molecule has 0 aromatic heterocycles. The fourth-order valence-electron chi connectivity index (χ4n) is 5.30. The molecule has 244 valence electrons. The first-order valence-corrected chi connectivity index (χ1v) is 18.2. The Morgan fingerprint density at radius 2 is 1.61 bits per heavy atom. The van der Waals surface area contributed by atoms with Crippen molar-refractivity contribution in [1.82, 2.24) is 0 Å². The predicted molar refractivity (Wildman–Crippen MR) is 192 cm³/mol. The van der Waals surface area contributed by atoms with Crippen LogP contribution in [0.4, 0.5) is 0 Å². The van der Waals surface area contributed by atoms with E-state index in [0.717, 1.165) is 67.6 Å². The number of Topliss-reactive ketones (excluding diaryl/α,β-unsaturated/α-hetero) is 1. The number of rotatable bonds is 16. The summed E-state index contributed by atoms with van der Waals surface area (Å²) in [6, 6.07) is 10.8. The van der Waals surface area contributed by atoms with Gasteiger partial charge in [-0.2, -0.15) is 0 Å². The molecule has 0 N–H and O–H groups in total. The van der Waals surface area contributed by atoms with Crippen molar-refractivity contribution in [2.45, 2.75) is 131 Å². The van der Waals surface area contributed by atoms with Gasteiger partial charge in [0, 0.05) is 12.2 Å². The average Bonchev–Trinajstić information content (AvgIpc) is 3.94. The van der Waals surface area contributed by atoms with Crippen molar-refractivity contribution in [3.63, 3.8) is 0 Å². The van der Waals surface area contributed by atoms with Crippen molar-refractivity contribution in [3.05, 3.63) is 70.3 Å². The van der Waals surface area contributed by atoms with Crippen LogP contribution in [-0.2, 0) is 28.6 Å². The Labute approximate surface area is 277 Å². The number of carbonyl (C=O) groups is 1. The molecule has 2 aliphatic carbocycles. The monoisotopic (exact) mass is 666 g/mol. The molecule has 0 spiro atoms. The molecule has 4 heteroatoms. The quantitative estimate of drug-likeness (QED) is 0.102. The summed E-state index contributed by atoms with van der Waals surface area (Å²) in [7, 11) is 0. The zero-order valence-electron chi connectivity index (χ0n) is 29.0. The number of hydrogen-bond donors (Lipinski definition) is 0. The molecule has 0 atom stereocenters. The van der Waals surface area contributed by atoms with Crippen LogP contribution in [0.1, 0.15) is 145 Å². The molecule has 0 amide bonds. The van der Waals surface area contributed by atoms with Crippen molar-refractivity contribution in [3.8, 4) is 5.75 Å². The van der Waals surface area contributed by atoms with E-state index in [1.54, 1.807) is 0 Å². The van der Waals surface area contributed by atoms with Crippen molar-refractivity contribution < 1.29 is 14.3 Å². The van der Waals surface area contributed by atoms with E-state index >= 15 is 0 Å². The fourth-order valence-corrected chi connectivity index (χ4v) is 5.62. The number of halogens is 1. The van der Waals surface area contributed by atoms with Crippen LogP contribution in [0.3, 0.4) is 0 Å². The summed E-state index contributed by atoms with van der Waals surface area (Å²) in [6.45, 7) is 24.3. The van der Waals surface area contributed by atoms with Crippen LogP contribution in [0, 0.1) is 11.8 Å². The van der Waals surface area contributed by atoms with Crippen LogP contribution in [0.15, 0.2) is 36.9 Å². The van der Waals surface area contributed by atoms with E-state index in [9.17, 15) is 4.79 Å². The van der Waals surface area contributed by atoms with Crippen LogP contribution in [-0.4, -0.2) is 24.3 Å². The van der Waals surface area contributed by atoms with Gasteiger partial charge < -0.3 is 9.47 Å². The van der Waals surface area contributed by atoms with Gasteiger partial charge in [-0.25, -0.2) is 0 Å². The van der Waals surface area contributed by atoms with E-state index in [1.165, 1.54) is 59.9 Å². The Kier molecular flexibility index (Phi) is 13.8. The predicted octanol–water partition coefficient (Wildman–Crippen LogP) is 11.4. The molecule has 0 bridgehead atoms. The average molecular weight is 668 g/mol. The number of carbonyl (C=O) groups excluding carboxylic acids is 1. The summed E-state index contributed by atoms with van der Waals surface area (Å²) < 4.78 is 12.0. The summed E-state index contributed by atoms with van der Waals surface area (Å²) in [6.07, 6.45) is 11.0. The van der Waals surface area contributed by atoms with Crippen molar-refractivity contribution in [2.75, 3.05) is 18.5 Å². The minimum absolute atomic E-state index is 0.0715. The molecule has 2 saturated carbocycles. The smallest absolute Gasteiger partial charge is 0.173 e. The molecular formula is C40H59BrO3. The summed E-state index contributed by atoms with van der Waals surface area (Å²) in [5, 5.41) is 0.359. The second kappa shape index (κ2) is 16.6. The van der Waals surface area contributed by atoms with Crippen molar-refractivity contribution in [1.29, 1.82) is 0 Å². The van der Waals surface area contributed by atoms with E-state index in [2.05, 4.69) is 96.1 Å². The lowest BCUT2D eigenvalue weighted by Crippen LogP contribution is -2.17. The topological polar surface area (TPSA) is 35.5 Å². The molecule has 0 aliphatic heterocycles. The molecule has 3 nitrogen and oxygen atoms in total. The van der Waals surface area contributed by atoms with Crippen molar-refractivity contribution >= 4 is 27.3 Å². The lowest BCUT2D eigenvalue weighted by Gasteiger charge is -2.27. The zero-order valence-corrected chi connectivity index (χ0v) is 30.6. The Bertz CT molecular complexity index is 1240. The number of alkyl halides is 1. The Morgan fingerprint density at radius 3 is 2.16 bits per heavy atom. The molecule has 0 unspecified atom stereocenters. The molecule has 44 heavy (non-hydrogen) atoms. The molecule has 4 rings (SSSR count). The van der Waals surface area contributed by atoms with E-state index in [4.69, 9.17) is 9.47 Å². The van der Waals surface area contributed by atoms with Gasteiger partial charge in [-0.3, -0.25) is 4.79 Å². The van der Waals surface area contributed by atoms with E-state index < -0.39 is 0 Å². The van der Waals surface area contributed by atoms with E-state index in [0.29, 0.717) is 11.9 Å². The first-order chi connectivity index (χ1) is 20.8. The van der Waals surface area contributed by atoms with Gasteiger partial charge in [-0.15, -0.1) is 0 Å². The largest absolute Gasteiger partial charge is 0.493 e. The zero-order chi connectivity index (χ0) is 32.5. The number of ketones is 1. The maximum Gasteiger partial charge on any atom is 0.173 e. The van der Waals surface area contributed by atoms with Crippen LogP contribution >= 0.6 is 15.9 Å². The number of hydrogen-bond acceptors (Lipinski definition) is 3. The third-order valence-corrected chi connectivity index (χ3v) is 9.75. The molecule has 0 heterocycles. The first kappa shape index (κ1) is 36.6. The van der Waals surface area contributed by atoms with Crippen LogP contribution in [0.25, 0.3) is 5.57 Å². The number of allylic oxidation sites excluding steroid dienone is 1. The van der Waals surface area contributed by atoms with Gasteiger partial charge in [0.2, 0.25) is 0 Å². The molecule has 0 saturated heterocycles. The Hall–Kier alpha value is -1.91. The summed E-state index contributed by atoms with van der Waals surface area (Å²) in [5.41, 5.74) is 8.68. The fraction of sp³-hybridized carbons (Fsp3) is 0.625. The van der Waals surface area contributed by atoms with Gasteiger partial charge >= 0.3 is 0 Å². The first-order valence-electron chi connectivity index (χ1n) is 17.1. The normalized spacial score (nSPS) is 15.0. The molecule has 2 aromatic carbocycles. The van der Waals surface area contributed by atoms with Crippen LogP contribution in [0.2, 0.25) is 0 Å². The maximum atomic E-state index is 12.0. The van der Waals surface area contributed by atoms with Crippen LogP contribution in [0.5, 0.6) is 5.75 Å². The highest BCUT2D eigenvalue weighted by molar-refractivity contribution is 9.09. The molecule has 0 radical (unpaired) electrons. The highest BCUT2D eigenvalue weighted by Crippen LogP contribution is 2.41. The van der Waals surface area contributed by atoms with E-state index in [1.807, 2.05) is 12.1 Å². The Morgan fingerprint density at radius 1 is 0.932 bits per heavy atom. The highest BCUT2D eigenvalue weighted by atomic mass is 79.9. The van der Waals surface area contributed by atoms with Gasteiger partial charge in [0.15, 0.2) is 5.78 Å². The second-order valence-electron chi connectivity index (χ2n) is 14.7. The van der Waals surface area contributed by atoms with Gasteiger partial charge in [0.05, 0.1) is 18.5 Å². The number of ether oxygens (including phenoxy) is 2. The maximum absolute atomic E-state index is 12.0. The molecular weight excluding hydrogens is 608 g/mol. The highest BCUT2D eigenvalue weighted by Gasteiger charge is 2.28. The summed E-state index contributed by atoms with van der Waals surface area (Å²) in [4.78, 5) is 12.0. The molecule has 2 fully saturated rings. The van der Waals surface area contributed by atoms with E-state index in [-0.39, 0.29) is 16.6 Å². The molecule has 2 aliphatic rings. The second-order valence-corrected chi connectivity index (χ2v) is 15.3. The minimum Gasteiger partial charge on any atom is -0.493 e. The third-order valence-electron chi connectivity index (χ3n) is 9.24. The minimum atomic E-state index is 0.0715. The van der Waals surface area contributed by atoms with Gasteiger partial charge in [0.1, 0.15) is 5.75 Å². The Balaban J connectivity index is 0.000000245. The van der Waals surface area contributed by atoms with Gasteiger partial charge in [-0.1, -0.05) is 103 Å². The summed E-state index contributed by atoms with van der Waals surface area (Å²) >= 11 is 3.25.